The lowest BCUT2D eigenvalue weighted by atomic mass is 10.1. The maximum Gasteiger partial charge on any atom is 0.416 e. The molecule has 0 aromatic heterocycles. The lowest BCUT2D eigenvalue weighted by Crippen LogP contribution is -2.50. The van der Waals surface area contributed by atoms with Crippen molar-refractivity contribution in [2.75, 3.05) is 6.54 Å². The fourth-order valence-electron chi connectivity index (χ4n) is 2.38. The van der Waals surface area contributed by atoms with Gasteiger partial charge in [-0.3, -0.25) is 14.4 Å². The van der Waals surface area contributed by atoms with E-state index in [0.717, 1.165) is 12.1 Å². The molecule has 0 aliphatic heterocycles. The van der Waals surface area contributed by atoms with Crippen molar-refractivity contribution in [2.45, 2.75) is 65.7 Å². The van der Waals surface area contributed by atoms with Crippen molar-refractivity contribution in [1.82, 2.24) is 16.0 Å². The summed E-state index contributed by atoms with van der Waals surface area (Å²) in [6, 6.07) is 12.3. The summed E-state index contributed by atoms with van der Waals surface area (Å²) in [7, 11) is 0. The van der Waals surface area contributed by atoms with E-state index in [1.54, 1.807) is 0 Å². The number of carbonyl (C=O) groups excluding carboxylic acids is 4. The second kappa shape index (κ2) is 17.7. The Kier molecular flexibility index (Phi) is 15.9. The van der Waals surface area contributed by atoms with Crippen molar-refractivity contribution < 1.29 is 32.3 Å². The lowest BCUT2D eigenvalue weighted by Gasteiger charge is -2.15. The number of benzene rings is 2. The number of hydrogen-bond acceptors (Lipinski definition) is 4. The molecule has 0 bridgehead atoms. The second-order valence-electron chi connectivity index (χ2n) is 8.14. The van der Waals surface area contributed by atoms with Crippen LogP contribution in [0.25, 0.3) is 0 Å². The molecule has 0 aliphatic rings. The number of rotatable bonds is 8. The predicted octanol–water partition coefficient (Wildman–Crippen LogP) is 4.44. The van der Waals surface area contributed by atoms with E-state index in [1.807, 2.05) is 18.2 Å². The van der Waals surface area contributed by atoms with Crippen molar-refractivity contribution in [3.63, 3.8) is 0 Å². The van der Waals surface area contributed by atoms with Gasteiger partial charge in [0.1, 0.15) is 12.3 Å². The Hall–Kier alpha value is -3.69. The molecule has 0 fully saturated rings. The van der Waals surface area contributed by atoms with Crippen LogP contribution in [0.1, 0.15) is 62.0 Å². The van der Waals surface area contributed by atoms with E-state index in [4.69, 9.17) is 0 Å². The Labute approximate surface area is 216 Å². The maximum absolute atomic E-state index is 12.6. The highest BCUT2D eigenvalue weighted by molar-refractivity contribution is 5.97. The van der Waals surface area contributed by atoms with Gasteiger partial charge in [0.05, 0.1) is 18.2 Å². The number of carbonyl (C=O) groups is 4. The number of nitrogens with one attached hydrogen (secondary N) is 3. The molecule has 0 saturated heterocycles. The molecule has 10 heteroatoms. The highest BCUT2D eigenvalue weighted by Gasteiger charge is 2.31. The molecule has 7 nitrogen and oxygen atoms in total. The minimum absolute atomic E-state index is 0.252. The Balaban J connectivity index is 0.000000968. The smallest absolute Gasteiger partial charge is 0.345 e. The average Bonchev–Trinajstić information content (AvgIpc) is 2.87. The zero-order chi connectivity index (χ0) is 28.4. The van der Waals surface area contributed by atoms with E-state index in [1.165, 1.54) is 38.3 Å². The number of hydrogen-bond donors (Lipinski definition) is 3. The first kappa shape index (κ1) is 33.3. The largest absolute Gasteiger partial charge is 0.416 e. The quantitative estimate of drug-likeness (QED) is 0.445. The van der Waals surface area contributed by atoms with Gasteiger partial charge in [0.15, 0.2) is 0 Å². The molecule has 204 valence electrons. The molecule has 2 rings (SSSR count). The monoisotopic (exact) mass is 523 g/mol. The molecule has 37 heavy (non-hydrogen) atoms. The van der Waals surface area contributed by atoms with E-state index >= 15 is 0 Å². The molecule has 0 aliphatic carbocycles. The number of aryl methyl sites for hydroxylation is 1. The summed E-state index contributed by atoms with van der Waals surface area (Å²) in [4.78, 5) is 45.7. The first-order valence-electron chi connectivity index (χ1n) is 11.9. The standard InChI is InChI=1S/C16H18F3N3O4.C7H8.C4H10/c1-9(8-23)21-14(25)10(2)22-13(24)7-20-15(26)11-4-3-5-12(6-11)16(17,18)19;1-7-5-3-2-4-6-7;1-3-4-2/h3-6,8-10H,7H2,1-2H3,(H,20,26)(H,21,25)(H,22,24);2-6H,1H3;3-4H2,1-2H3. The molecule has 0 saturated carbocycles. The molecular formula is C27H36F3N3O4. The van der Waals surface area contributed by atoms with Gasteiger partial charge in [-0.25, -0.2) is 0 Å². The molecule has 3 amide bonds. The summed E-state index contributed by atoms with van der Waals surface area (Å²) >= 11 is 0. The summed E-state index contributed by atoms with van der Waals surface area (Å²) < 4.78 is 37.9. The molecule has 2 atom stereocenters. The molecule has 0 radical (unpaired) electrons. The Morgan fingerprint density at radius 1 is 0.919 bits per heavy atom. The SMILES string of the molecule is CC(C=O)NC(=O)C(C)NC(=O)CNC(=O)c1cccc(C(F)(F)F)c1.CCCC.Cc1ccccc1. The predicted molar refractivity (Wildman–Crippen MR) is 137 cm³/mol. The van der Waals surface area contributed by atoms with E-state index in [9.17, 15) is 32.3 Å². The van der Waals surface area contributed by atoms with Gasteiger partial charge in [-0.15, -0.1) is 0 Å². The number of halogens is 3. The van der Waals surface area contributed by atoms with E-state index in [0.29, 0.717) is 12.4 Å². The summed E-state index contributed by atoms with van der Waals surface area (Å²) in [6.45, 7) is 8.74. The van der Waals surface area contributed by atoms with Gasteiger partial charge in [-0.05, 0) is 39.0 Å². The molecule has 3 N–H and O–H groups in total. The zero-order valence-electron chi connectivity index (χ0n) is 21.8. The molecule has 2 unspecified atom stereocenters. The zero-order valence-corrected chi connectivity index (χ0v) is 21.8. The fraction of sp³-hybridized carbons (Fsp3) is 0.407. The Bertz CT molecular complexity index is 980. The van der Waals surface area contributed by atoms with Gasteiger partial charge in [0, 0.05) is 5.56 Å². The van der Waals surface area contributed by atoms with Crippen LogP contribution < -0.4 is 16.0 Å². The Morgan fingerprint density at radius 3 is 1.97 bits per heavy atom. The summed E-state index contributed by atoms with van der Waals surface area (Å²) in [5.41, 5.74) is 0.0879. The van der Waals surface area contributed by atoms with Crippen LogP contribution in [0.3, 0.4) is 0 Å². The number of unbranched alkanes of at least 4 members (excludes halogenated alkanes) is 1. The van der Waals surface area contributed by atoms with Gasteiger partial charge < -0.3 is 20.7 Å². The van der Waals surface area contributed by atoms with Gasteiger partial charge in [-0.1, -0.05) is 68.7 Å². The minimum atomic E-state index is -4.59. The van der Waals surface area contributed by atoms with Gasteiger partial charge >= 0.3 is 6.18 Å². The molecular weight excluding hydrogens is 487 g/mol. The lowest BCUT2D eigenvalue weighted by molar-refractivity contribution is -0.137. The average molecular weight is 524 g/mol. The third kappa shape index (κ3) is 15.1. The van der Waals surface area contributed by atoms with E-state index in [2.05, 4.69) is 48.9 Å². The van der Waals surface area contributed by atoms with Crippen LogP contribution in [0.4, 0.5) is 13.2 Å². The van der Waals surface area contributed by atoms with Crippen molar-refractivity contribution in [1.29, 1.82) is 0 Å². The topological polar surface area (TPSA) is 104 Å². The third-order valence-electron chi connectivity index (χ3n) is 4.65. The van der Waals surface area contributed by atoms with Crippen LogP contribution in [0.15, 0.2) is 54.6 Å². The molecule has 2 aromatic carbocycles. The van der Waals surface area contributed by atoms with Crippen molar-refractivity contribution >= 4 is 24.0 Å². The third-order valence-corrected chi connectivity index (χ3v) is 4.65. The van der Waals surface area contributed by atoms with Gasteiger partial charge in [-0.2, -0.15) is 13.2 Å². The summed E-state index contributed by atoms with van der Waals surface area (Å²) in [5, 5.41) is 6.79. The van der Waals surface area contributed by atoms with Crippen molar-refractivity contribution in [3.05, 3.63) is 71.3 Å². The summed E-state index contributed by atoms with van der Waals surface area (Å²) in [6.07, 6.45) is -1.43. The van der Waals surface area contributed by atoms with Crippen LogP contribution in [0.5, 0.6) is 0 Å². The van der Waals surface area contributed by atoms with Crippen LogP contribution in [-0.2, 0) is 20.6 Å². The van der Waals surface area contributed by atoms with Gasteiger partial charge in [0.2, 0.25) is 11.8 Å². The highest BCUT2D eigenvalue weighted by Crippen LogP contribution is 2.29. The Morgan fingerprint density at radius 2 is 1.51 bits per heavy atom. The van der Waals surface area contributed by atoms with Crippen molar-refractivity contribution in [3.8, 4) is 0 Å². The van der Waals surface area contributed by atoms with E-state index in [-0.39, 0.29) is 5.56 Å². The molecule has 0 heterocycles. The van der Waals surface area contributed by atoms with Crippen LogP contribution in [0, 0.1) is 6.92 Å². The van der Waals surface area contributed by atoms with Gasteiger partial charge in [0.25, 0.3) is 5.91 Å². The normalized spacial score (nSPS) is 11.8. The van der Waals surface area contributed by atoms with Crippen molar-refractivity contribution in [2.24, 2.45) is 0 Å². The first-order chi connectivity index (χ1) is 17.3. The summed E-state index contributed by atoms with van der Waals surface area (Å²) in [5.74, 6) is -2.17. The minimum Gasteiger partial charge on any atom is -0.345 e. The molecule has 0 spiro atoms. The van der Waals surface area contributed by atoms with Crippen LogP contribution >= 0.6 is 0 Å². The van der Waals surface area contributed by atoms with Crippen LogP contribution in [0.2, 0.25) is 0 Å². The molecule has 2 aromatic rings. The second-order valence-corrected chi connectivity index (χ2v) is 8.14. The maximum atomic E-state index is 12.6. The highest BCUT2D eigenvalue weighted by atomic mass is 19.4. The van der Waals surface area contributed by atoms with E-state index < -0.39 is 48.1 Å². The first-order valence-corrected chi connectivity index (χ1v) is 11.9. The number of amides is 3. The fourth-order valence-corrected chi connectivity index (χ4v) is 2.38. The van der Waals surface area contributed by atoms with Crippen LogP contribution in [-0.4, -0.2) is 42.6 Å². The number of alkyl halides is 3. The number of aldehydes is 1.